The zero-order chi connectivity index (χ0) is 27.7. The molecular weight excluding hydrogens is 561 g/mol. The summed E-state index contributed by atoms with van der Waals surface area (Å²) in [5.74, 6) is 0.848. The van der Waals surface area contributed by atoms with E-state index in [1.54, 1.807) is 42.5 Å². The molecule has 1 aliphatic heterocycles. The van der Waals surface area contributed by atoms with Crippen molar-refractivity contribution in [3.8, 4) is 11.5 Å². The van der Waals surface area contributed by atoms with Crippen molar-refractivity contribution in [1.29, 1.82) is 5.41 Å². The van der Waals surface area contributed by atoms with Crippen LogP contribution in [0.15, 0.2) is 65.9 Å². The summed E-state index contributed by atoms with van der Waals surface area (Å²) in [5.41, 5.74) is 2.84. The lowest BCUT2D eigenvalue weighted by Crippen LogP contribution is -2.18. The molecule has 1 heterocycles. The summed E-state index contributed by atoms with van der Waals surface area (Å²) < 4.78 is 17.1. The predicted molar refractivity (Wildman–Crippen MR) is 152 cm³/mol. The average Bonchev–Trinajstić information content (AvgIpc) is 3.78. The van der Waals surface area contributed by atoms with Crippen molar-refractivity contribution in [2.45, 2.75) is 31.8 Å². The number of esters is 1. The minimum absolute atomic E-state index is 0.00204. The van der Waals surface area contributed by atoms with Gasteiger partial charge in [0, 0.05) is 22.6 Å². The number of benzene rings is 3. The van der Waals surface area contributed by atoms with Gasteiger partial charge in [0.2, 0.25) is 0 Å². The molecule has 39 heavy (non-hydrogen) atoms. The molecule has 0 spiro atoms. The zero-order valence-corrected chi connectivity index (χ0v) is 23.4. The van der Waals surface area contributed by atoms with Crippen LogP contribution in [0.3, 0.4) is 0 Å². The molecule has 1 saturated carbocycles. The van der Waals surface area contributed by atoms with Crippen molar-refractivity contribution < 1.29 is 24.1 Å². The van der Waals surface area contributed by atoms with Crippen LogP contribution in [0.2, 0.25) is 15.1 Å². The number of aliphatic hydroxyl groups is 1. The highest BCUT2D eigenvalue weighted by atomic mass is 35.5. The molecular formula is C30H26Cl3NO5. The number of methoxy groups -OCH3 is 1. The molecule has 0 aromatic heterocycles. The Morgan fingerprint density at radius 3 is 2.41 bits per heavy atom. The number of hydrogen-bond donors (Lipinski definition) is 2. The molecule has 3 aromatic carbocycles. The molecule has 3 aromatic rings. The third-order valence-electron chi connectivity index (χ3n) is 6.95. The maximum absolute atomic E-state index is 12.1. The molecule has 2 N–H and O–H groups in total. The second kappa shape index (κ2) is 11.5. The first-order chi connectivity index (χ1) is 18.8. The van der Waals surface area contributed by atoms with Crippen LogP contribution < -0.4 is 9.47 Å². The number of halogens is 3. The van der Waals surface area contributed by atoms with Crippen molar-refractivity contribution in [2.75, 3.05) is 13.7 Å². The van der Waals surface area contributed by atoms with Gasteiger partial charge in [-0.05, 0) is 62.1 Å². The highest BCUT2D eigenvalue weighted by Crippen LogP contribution is 2.41. The number of carbonyl (C=O) groups excluding carboxylic acids is 1. The summed E-state index contributed by atoms with van der Waals surface area (Å²) >= 11 is 19.3. The molecule has 1 unspecified atom stereocenters. The van der Waals surface area contributed by atoms with Crippen molar-refractivity contribution in [1.82, 2.24) is 0 Å². The number of ether oxygens (including phenoxy) is 3. The van der Waals surface area contributed by atoms with Crippen LogP contribution in [0, 0.1) is 11.3 Å². The van der Waals surface area contributed by atoms with E-state index in [1.807, 2.05) is 12.1 Å². The van der Waals surface area contributed by atoms with Crippen LogP contribution in [0.1, 0.15) is 52.4 Å². The van der Waals surface area contributed by atoms with E-state index >= 15 is 0 Å². The lowest BCUT2D eigenvalue weighted by atomic mass is 9.94. The Labute approximate surface area is 241 Å². The van der Waals surface area contributed by atoms with Gasteiger partial charge in [0.1, 0.15) is 30.0 Å². The standard InChI is InChI=1S/C30H26Cl3NO5/c1-37-30(36)19-4-2-7-25-18(19)12-13-26(39-25)20-11-10-17(14-24(20)33)38-15-21(29(35)16-8-9-16)28(34)27-22(31)5-3-6-23(27)32/h2-7,10-11,14,16,26,34-35H,8-9,12-13,15H2,1H3/b29-21-,34-28?. The first-order valence-corrected chi connectivity index (χ1v) is 13.7. The summed E-state index contributed by atoms with van der Waals surface area (Å²) in [6.07, 6.45) is 2.69. The molecule has 6 nitrogen and oxygen atoms in total. The number of rotatable bonds is 8. The summed E-state index contributed by atoms with van der Waals surface area (Å²) in [5, 5.41) is 20.8. The highest BCUT2D eigenvalue weighted by molar-refractivity contribution is 6.41. The van der Waals surface area contributed by atoms with Gasteiger partial charge in [-0.2, -0.15) is 0 Å². The van der Waals surface area contributed by atoms with E-state index in [0.29, 0.717) is 56.1 Å². The molecule has 5 rings (SSSR count). The monoisotopic (exact) mass is 585 g/mol. The Hall–Kier alpha value is -3.19. The summed E-state index contributed by atoms with van der Waals surface area (Å²) in [6.45, 7) is -0.0536. The van der Waals surface area contributed by atoms with E-state index < -0.39 is 0 Å². The molecule has 202 valence electrons. The molecule has 0 bridgehead atoms. The van der Waals surface area contributed by atoms with Crippen LogP contribution in [-0.2, 0) is 11.2 Å². The van der Waals surface area contributed by atoms with E-state index in [0.717, 1.165) is 24.0 Å². The number of fused-ring (bicyclic) bond motifs is 1. The zero-order valence-electron chi connectivity index (χ0n) is 21.1. The molecule has 1 fully saturated rings. The van der Waals surface area contributed by atoms with Crippen LogP contribution in [-0.4, -0.2) is 30.5 Å². The Balaban J connectivity index is 1.33. The SMILES string of the molecule is COC(=O)c1cccc2c1CCC(c1ccc(OC/C(C(=N)c3c(Cl)cccc3Cl)=C(/O)C3CC3)cc1Cl)O2. The van der Waals surface area contributed by atoms with Crippen LogP contribution in [0.25, 0.3) is 0 Å². The molecule has 2 aliphatic rings. The van der Waals surface area contributed by atoms with Gasteiger partial charge < -0.3 is 19.3 Å². The van der Waals surface area contributed by atoms with Crippen molar-refractivity contribution in [3.05, 3.63) is 103 Å². The first-order valence-electron chi connectivity index (χ1n) is 12.5. The smallest absolute Gasteiger partial charge is 0.338 e. The van der Waals surface area contributed by atoms with Crippen LogP contribution in [0.5, 0.6) is 11.5 Å². The van der Waals surface area contributed by atoms with Crippen LogP contribution >= 0.6 is 34.8 Å². The maximum atomic E-state index is 12.1. The summed E-state index contributed by atoms with van der Waals surface area (Å²) in [4.78, 5) is 12.1. The van der Waals surface area contributed by atoms with E-state index in [9.17, 15) is 9.90 Å². The lowest BCUT2D eigenvalue weighted by molar-refractivity contribution is 0.0596. The van der Waals surface area contributed by atoms with Crippen molar-refractivity contribution in [3.63, 3.8) is 0 Å². The molecule has 1 atom stereocenters. The summed E-state index contributed by atoms with van der Waals surface area (Å²) in [6, 6.07) is 15.7. The third-order valence-corrected chi connectivity index (χ3v) is 7.91. The number of carbonyl (C=O) groups is 1. The van der Waals surface area contributed by atoms with Gasteiger partial charge in [-0.15, -0.1) is 0 Å². The Morgan fingerprint density at radius 1 is 1.03 bits per heavy atom. The normalized spacial score (nSPS) is 17.0. The molecule has 1 aliphatic carbocycles. The fourth-order valence-electron chi connectivity index (χ4n) is 4.72. The number of nitrogens with one attached hydrogen (secondary N) is 1. The molecule has 0 radical (unpaired) electrons. The van der Waals surface area contributed by atoms with E-state index in [1.165, 1.54) is 7.11 Å². The molecule has 9 heteroatoms. The van der Waals surface area contributed by atoms with E-state index in [4.69, 9.17) is 54.4 Å². The molecule has 0 amide bonds. The van der Waals surface area contributed by atoms with Crippen molar-refractivity contribution >= 4 is 46.5 Å². The third kappa shape index (κ3) is 5.74. The van der Waals surface area contributed by atoms with Gasteiger partial charge in [-0.1, -0.05) is 53.0 Å². The van der Waals surface area contributed by atoms with Gasteiger partial charge in [0.15, 0.2) is 0 Å². The van der Waals surface area contributed by atoms with Crippen molar-refractivity contribution in [2.24, 2.45) is 5.92 Å². The topological polar surface area (TPSA) is 88.8 Å². The summed E-state index contributed by atoms with van der Waals surface area (Å²) in [7, 11) is 1.36. The Morgan fingerprint density at radius 2 is 1.74 bits per heavy atom. The van der Waals surface area contributed by atoms with Gasteiger partial charge in [-0.3, -0.25) is 5.41 Å². The largest absolute Gasteiger partial charge is 0.512 e. The average molecular weight is 587 g/mol. The predicted octanol–water partition coefficient (Wildman–Crippen LogP) is 8.17. The second-order valence-corrected chi connectivity index (χ2v) is 10.7. The quantitative estimate of drug-likeness (QED) is 0.158. The van der Waals surface area contributed by atoms with Gasteiger partial charge in [-0.25, -0.2) is 4.79 Å². The Kier molecular flexibility index (Phi) is 8.08. The van der Waals surface area contributed by atoms with Gasteiger partial charge in [0.05, 0.1) is 39.0 Å². The van der Waals surface area contributed by atoms with Gasteiger partial charge >= 0.3 is 5.97 Å². The number of hydrogen-bond acceptors (Lipinski definition) is 6. The lowest BCUT2D eigenvalue weighted by Gasteiger charge is -2.28. The van der Waals surface area contributed by atoms with Gasteiger partial charge in [0.25, 0.3) is 0 Å². The number of allylic oxidation sites excluding steroid dienone is 1. The second-order valence-electron chi connectivity index (χ2n) is 9.50. The first kappa shape index (κ1) is 27.4. The fourth-order valence-corrected chi connectivity index (χ4v) is 5.60. The number of aliphatic hydroxyl groups excluding tert-OH is 1. The van der Waals surface area contributed by atoms with E-state index in [2.05, 4.69) is 0 Å². The minimum atomic E-state index is -0.389. The Bertz CT molecular complexity index is 1460. The highest BCUT2D eigenvalue weighted by Gasteiger charge is 2.31. The fraction of sp³-hybridized carbons (Fsp3) is 0.267. The van der Waals surface area contributed by atoms with Crippen LogP contribution in [0.4, 0.5) is 0 Å². The maximum Gasteiger partial charge on any atom is 0.338 e. The minimum Gasteiger partial charge on any atom is -0.512 e. The molecule has 0 saturated heterocycles. The van der Waals surface area contributed by atoms with E-state index in [-0.39, 0.29) is 36.1 Å².